The number of rotatable bonds is 3. The summed E-state index contributed by atoms with van der Waals surface area (Å²) in [5.74, 6) is -0.371. The van der Waals surface area contributed by atoms with Gasteiger partial charge in [-0.1, -0.05) is 27.4 Å². The van der Waals surface area contributed by atoms with E-state index >= 15 is 0 Å². The average Bonchev–Trinajstić information content (AvgIpc) is 2.34. The Morgan fingerprint density at radius 2 is 2.06 bits per heavy atom. The lowest BCUT2D eigenvalue weighted by atomic mass is 10.1. The lowest BCUT2D eigenvalue weighted by Crippen LogP contribution is -2.14. The van der Waals surface area contributed by atoms with E-state index in [2.05, 4.69) is 19.4 Å². The molecule has 0 aliphatic carbocycles. The van der Waals surface area contributed by atoms with Gasteiger partial charge >= 0.3 is 5.97 Å². The molecule has 0 radical (unpaired) electrons. The fourth-order valence-electron chi connectivity index (χ4n) is 1.59. The van der Waals surface area contributed by atoms with Crippen LogP contribution in [-0.4, -0.2) is 22.5 Å². The first-order valence-electron chi connectivity index (χ1n) is 5.04. The van der Waals surface area contributed by atoms with E-state index in [1.54, 1.807) is 24.3 Å². The molecule has 1 heterocycles. The molecule has 6 heteroatoms. The van der Waals surface area contributed by atoms with Gasteiger partial charge in [0.2, 0.25) is 0 Å². The molecular formula is C11H11N2O3P. The number of hydrogen-bond donors (Lipinski definition) is 1. The topological polar surface area (TPSA) is 72.0 Å². The quantitative estimate of drug-likeness (QED) is 0.647. The third-order valence-electron chi connectivity index (χ3n) is 2.33. The van der Waals surface area contributed by atoms with Gasteiger partial charge in [-0.2, -0.15) is 5.10 Å². The van der Waals surface area contributed by atoms with Crippen LogP contribution in [0.2, 0.25) is 0 Å². The van der Waals surface area contributed by atoms with Crippen LogP contribution in [0.25, 0.3) is 10.8 Å². The number of benzene rings is 1. The van der Waals surface area contributed by atoms with Crippen LogP contribution in [-0.2, 0) is 16.0 Å². The predicted octanol–water partition coefficient (Wildman–Crippen LogP) is 0.841. The first-order chi connectivity index (χ1) is 8.22. The highest BCUT2D eigenvalue weighted by Crippen LogP contribution is 2.13. The molecule has 1 N–H and O–H groups in total. The van der Waals surface area contributed by atoms with Crippen LogP contribution in [0.15, 0.2) is 29.1 Å². The highest BCUT2D eigenvalue weighted by Gasteiger charge is 2.10. The number of hydrogen-bond acceptors (Lipinski definition) is 4. The van der Waals surface area contributed by atoms with Crippen LogP contribution in [0.3, 0.4) is 0 Å². The van der Waals surface area contributed by atoms with E-state index in [1.165, 1.54) is 0 Å². The van der Waals surface area contributed by atoms with Crippen LogP contribution in [0.1, 0.15) is 5.69 Å². The molecule has 1 unspecified atom stereocenters. The molecule has 2 rings (SSSR count). The molecule has 0 fully saturated rings. The SMILES string of the molecule is O=C(Cc1n[nH]c(=O)c2ccccc12)OCP. The van der Waals surface area contributed by atoms with Crippen molar-refractivity contribution in [2.24, 2.45) is 0 Å². The lowest BCUT2D eigenvalue weighted by molar-refractivity contribution is -0.140. The molecule has 17 heavy (non-hydrogen) atoms. The molecule has 0 spiro atoms. The molecule has 5 nitrogen and oxygen atoms in total. The molecule has 0 saturated heterocycles. The van der Waals surface area contributed by atoms with Gasteiger partial charge in [0.1, 0.15) is 6.35 Å². The summed E-state index contributed by atoms with van der Waals surface area (Å²) in [4.78, 5) is 22.9. The number of H-pyrrole nitrogens is 1. The van der Waals surface area contributed by atoms with Gasteiger partial charge in [0, 0.05) is 5.39 Å². The minimum atomic E-state index is -0.371. The highest BCUT2D eigenvalue weighted by atomic mass is 31.0. The van der Waals surface area contributed by atoms with Crippen LogP contribution in [0.4, 0.5) is 0 Å². The van der Waals surface area contributed by atoms with Crippen molar-refractivity contribution in [3.63, 3.8) is 0 Å². The molecule has 0 bridgehead atoms. The zero-order chi connectivity index (χ0) is 12.3. The van der Waals surface area contributed by atoms with Gasteiger partial charge in [-0.25, -0.2) is 5.10 Å². The summed E-state index contributed by atoms with van der Waals surface area (Å²) in [5.41, 5.74) is 0.257. The normalized spacial score (nSPS) is 10.4. The third-order valence-corrected chi connectivity index (χ3v) is 2.50. The number of carbonyl (C=O) groups is 1. The second-order valence-electron chi connectivity index (χ2n) is 3.40. The molecule has 2 aromatic rings. The van der Waals surface area contributed by atoms with Gasteiger partial charge in [-0.15, -0.1) is 0 Å². The molecule has 0 aliphatic rings. The Kier molecular flexibility index (Phi) is 3.49. The number of nitrogens with one attached hydrogen (secondary N) is 1. The Bertz CT molecular complexity index is 609. The monoisotopic (exact) mass is 250 g/mol. The van der Waals surface area contributed by atoms with Crippen molar-refractivity contribution in [3.05, 3.63) is 40.3 Å². The minimum Gasteiger partial charge on any atom is -0.461 e. The summed E-state index contributed by atoms with van der Waals surface area (Å²) < 4.78 is 4.82. The molecular weight excluding hydrogens is 239 g/mol. The number of carbonyl (C=O) groups excluding carboxylic acids is 1. The Morgan fingerprint density at radius 1 is 1.35 bits per heavy atom. The number of esters is 1. The fraction of sp³-hybridized carbons (Fsp3) is 0.182. The number of aromatic nitrogens is 2. The van der Waals surface area contributed by atoms with Gasteiger partial charge < -0.3 is 4.74 Å². The van der Waals surface area contributed by atoms with Gasteiger partial charge in [-0.05, 0) is 6.07 Å². The zero-order valence-corrected chi connectivity index (χ0v) is 10.1. The van der Waals surface area contributed by atoms with Crippen LogP contribution >= 0.6 is 9.24 Å². The van der Waals surface area contributed by atoms with Crippen LogP contribution < -0.4 is 5.56 Å². The summed E-state index contributed by atoms with van der Waals surface area (Å²) in [5, 5.41) is 7.46. The van der Waals surface area contributed by atoms with Crippen LogP contribution in [0, 0.1) is 0 Å². The van der Waals surface area contributed by atoms with E-state index in [0.717, 1.165) is 0 Å². The van der Waals surface area contributed by atoms with Crippen molar-refractivity contribution in [1.82, 2.24) is 10.2 Å². The Balaban J connectivity index is 2.45. The highest BCUT2D eigenvalue weighted by molar-refractivity contribution is 7.16. The van der Waals surface area contributed by atoms with Gasteiger partial charge in [-0.3, -0.25) is 9.59 Å². The minimum absolute atomic E-state index is 0.0473. The molecule has 1 aromatic heterocycles. The second-order valence-corrected chi connectivity index (χ2v) is 3.74. The summed E-state index contributed by atoms with van der Waals surface area (Å²) >= 11 is 0. The standard InChI is InChI=1S/C11H11N2O3P/c14-10(16-6-17)5-9-7-3-1-2-4-8(7)11(15)13-12-9/h1-4H,5-6,17H2,(H,13,15). The molecule has 1 aromatic carbocycles. The third kappa shape index (κ3) is 2.50. The maximum Gasteiger partial charge on any atom is 0.312 e. The predicted molar refractivity (Wildman–Crippen MR) is 66.7 cm³/mol. The summed E-state index contributed by atoms with van der Waals surface area (Å²) in [6.07, 6.45) is 0.297. The molecule has 0 aliphatic heterocycles. The molecule has 88 valence electrons. The molecule has 0 saturated carbocycles. The van der Waals surface area contributed by atoms with E-state index in [1.807, 2.05) is 0 Å². The second kappa shape index (κ2) is 5.06. The maximum absolute atomic E-state index is 11.5. The average molecular weight is 250 g/mol. The van der Waals surface area contributed by atoms with E-state index < -0.39 is 0 Å². The molecule has 0 amide bonds. The van der Waals surface area contributed by atoms with Gasteiger partial charge in [0.25, 0.3) is 5.56 Å². The number of fused-ring (bicyclic) bond motifs is 1. The van der Waals surface area contributed by atoms with E-state index in [9.17, 15) is 9.59 Å². The van der Waals surface area contributed by atoms with Crippen molar-refractivity contribution >= 4 is 26.0 Å². The molecule has 1 atom stereocenters. The van der Waals surface area contributed by atoms with Crippen molar-refractivity contribution in [3.8, 4) is 0 Å². The largest absolute Gasteiger partial charge is 0.461 e. The summed E-state index contributed by atoms with van der Waals surface area (Å²) in [6, 6.07) is 7.03. The van der Waals surface area contributed by atoms with Gasteiger partial charge in [0.05, 0.1) is 17.5 Å². The fourth-order valence-corrected chi connectivity index (χ4v) is 1.77. The summed E-state index contributed by atoms with van der Waals surface area (Å²) in [7, 11) is 2.31. The van der Waals surface area contributed by atoms with Crippen LogP contribution in [0.5, 0.6) is 0 Å². The summed E-state index contributed by atoms with van der Waals surface area (Å²) in [6.45, 7) is 0. The van der Waals surface area contributed by atoms with E-state index in [4.69, 9.17) is 4.74 Å². The maximum atomic E-state index is 11.5. The van der Waals surface area contributed by atoms with E-state index in [-0.39, 0.29) is 24.3 Å². The van der Waals surface area contributed by atoms with Gasteiger partial charge in [0.15, 0.2) is 0 Å². The first-order valence-corrected chi connectivity index (χ1v) is 5.86. The number of ether oxygens (including phenoxy) is 1. The number of aromatic amines is 1. The van der Waals surface area contributed by atoms with E-state index in [0.29, 0.717) is 16.5 Å². The van der Waals surface area contributed by atoms with Crippen molar-refractivity contribution < 1.29 is 9.53 Å². The lowest BCUT2D eigenvalue weighted by Gasteiger charge is -2.04. The Hall–Kier alpha value is -1.74. The smallest absolute Gasteiger partial charge is 0.312 e. The number of nitrogens with zero attached hydrogens (tertiary/aromatic N) is 1. The Labute approximate surface area is 99.4 Å². The zero-order valence-electron chi connectivity index (χ0n) is 8.97. The van der Waals surface area contributed by atoms with Crippen molar-refractivity contribution in [2.45, 2.75) is 6.42 Å². The van der Waals surface area contributed by atoms with Crippen molar-refractivity contribution in [2.75, 3.05) is 6.35 Å². The Morgan fingerprint density at radius 3 is 2.76 bits per heavy atom. The first kappa shape index (κ1) is 11.7. The van der Waals surface area contributed by atoms with Crippen molar-refractivity contribution in [1.29, 1.82) is 0 Å².